The first-order valence-corrected chi connectivity index (χ1v) is 23.2. The predicted molar refractivity (Wildman–Crippen MR) is 85.2 cm³/mol. The van der Waals surface area contributed by atoms with Crippen molar-refractivity contribution in [3.63, 3.8) is 0 Å². The van der Waals surface area contributed by atoms with E-state index in [1.807, 2.05) is 0 Å². The molecule has 0 aliphatic heterocycles. The molecule has 0 fully saturated rings. The number of halogens is 2. The molecule has 0 rings (SSSR count). The Morgan fingerprint density at radius 2 is 0.722 bits per heavy atom. The molecule has 0 saturated carbocycles. The number of hydrogen-bond acceptors (Lipinski definition) is 4. The molecule has 0 aliphatic rings. The Morgan fingerprint density at radius 1 is 0.722 bits per heavy atom. The standard InChI is InChI=1S/2C2H6O2.4CH3.2ClH.H2O.3Sn.H/c2*1-2(3)4;;;;;;;;;;;/h2*2-4H,1H3;4*1H3;2*1H;1H2;;;;/q;;;;;;;;;;2*+1;/p-2. The van der Waals surface area contributed by atoms with Gasteiger partial charge in [-0.1, -0.05) is 0 Å². The van der Waals surface area contributed by atoms with Gasteiger partial charge >= 0.3 is 98.8 Å². The van der Waals surface area contributed by atoms with E-state index < -0.39 is 49.8 Å². The molecule has 115 valence electrons. The minimum absolute atomic E-state index is 0. The zero-order chi connectivity index (χ0) is 14.3. The Morgan fingerprint density at radius 3 is 0.722 bits per heavy atom. The summed E-state index contributed by atoms with van der Waals surface area (Å²) in [5.74, 6) is 0. The summed E-state index contributed by atoms with van der Waals surface area (Å²) < 4.78 is 0. The first-order chi connectivity index (χ1) is 6.93. The fourth-order valence-corrected chi connectivity index (χ4v) is 0. The van der Waals surface area contributed by atoms with Crippen LogP contribution in [0.25, 0.3) is 0 Å². The molecule has 6 N–H and O–H groups in total. The molecule has 0 aliphatic carbocycles. The summed E-state index contributed by atoms with van der Waals surface area (Å²) in [6, 6.07) is 0. The monoisotopic (exact) mass is 633 g/mol. The van der Waals surface area contributed by atoms with E-state index in [0.717, 1.165) is 0 Å². The molecule has 18 heavy (non-hydrogen) atoms. The second-order valence-corrected chi connectivity index (χ2v) is 23.2. The molecule has 5 nitrogen and oxygen atoms in total. The molecule has 0 amide bonds. The van der Waals surface area contributed by atoms with Gasteiger partial charge < -0.3 is 25.9 Å². The van der Waals surface area contributed by atoms with E-state index in [1.54, 1.807) is 0 Å². The van der Waals surface area contributed by atoms with Crippen LogP contribution in [0.15, 0.2) is 0 Å². The first-order valence-electron chi connectivity index (χ1n) is 4.57. The van der Waals surface area contributed by atoms with Crippen LogP contribution in [0.1, 0.15) is 13.8 Å². The average Bonchev–Trinajstić information content (AvgIpc) is 1.76. The summed E-state index contributed by atoms with van der Waals surface area (Å²) in [5, 5.41) is 30.4. The third kappa shape index (κ3) is 770. The van der Waals surface area contributed by atoms with Crippen molar-refractivity contribution in [3.05, 3.63) is 0 Å². The number of rotatable bonds is 0. The topological polar surface area (TPSA) is 112 Å². The van der Waals surface area contributed by atoms with Gasteiger partial charge in [-0.2, -0.15) is 0 Å². The molecule has 0 saturated heterocycles. The predicted octanol–water partition coefficient (Wildman–Crippen LogP) is 0.113. The van der Waals surface area contributed by atoms with Crippen molar-refractivity contribution in [1.82, 2.24) is 0 Å². The van der Waals surface area contributed by atoms with Gasteiger partial charge in [-0.15, -0.1) is 0 Å². The maximum atomic E-state index is 7.61. The quantitative estimate of drug-likeness (QED) is 0.225. The van der Waals surface area contributed by atoms with Gasteiger partial charge in [0, 0.05) is 0 Å². The Hall–Kier alpha value is 2.78. The normalized spacial score (nSPS) is 8.00. The minimum atomic E-state index is -1.17. The Labute approximate surface area is 149 Å². The fourth-order valence-electron chi connectivity index (χ4n) is 0. The average molecular weight is 630 g/mol. The van der Waals surface area contributed by atoms with Crippen molar-refractivity contribution >= 4 is 79.0 Å². The summed E-state index contributed by atoms with van der Waals surface area (Å²) in [4.78, 5) is 8.52. The number of aliphatic hydroxyl groups excluding tert-OH is 2. The summed E-state index contributed by atoms with van der Waals surface area (Å²) in [6.45, 7) is 2.56. The van der Waals surface area contributed by atoms with Crippen LogP contribution < -0.4 is 0 Å². The van der Waals surface area contributed by atoms with Crippen LogP contribution in [-0.2, 0) is 0 Å². The van der Waals surface area contributed by atoms with Crippen LogP contribution >= 0.6 is 17.8 Å². The van der Waals surface area contributed by atoms with E-state index in [1.165, 1.54) is 13.8 Å². The third-order valence-corrected chi connectivity index (χ3v) is 0. The van der Waals surface area contributed by atoms with Crippen molar-refractivity contribution in [2.75, 3.05) is 0 Å². The van der Waals surface area contributed by atoms with E-state index in [2.05, 4.69) is 19.8 Å². The van der Waals surface area contributed by atoms with Gasteiger partial charge in [0.1, 0.15) is 12.6 Å². The molecule has 5 radical (unpaired) electrons. The molecule has 0 spiro atoms. The molecule has 0 heterocycles. The molecule has 0 aromatic carbocycles. The molecule has 0 atom stereocenters. The van der Waals surface area contributed by atoms with E-state index in [-0.39, 0.29) is 29.4 Å². The maximum absolute atomic E-state index is 7.61. The van der Waals surface area contributed by atoms with Crippen molar-refractivity contribution in [2.45, 2.75) is 46.2 Å². The molecular weight excluding hydrogens is 603 g/mol. The molecule has 0 aromatic rings. The van der Waals surface area contributed by atoms with Gasteiger partial charge in [0.2, 0.25) is 0 Å². The van der Waals surface area contributed by atoms with Gasteiger partial charge in [0.05, 0.1) is 0 Å². The van der Waals surface area contributed by atoms with Crippen molar-refractivity contribution in [3.8, 4) is 0 Å². The summed E-state index contributed by atoms with van der Waals surface area (Å²) in [6.07, 6.45) is -2.33. The van der Waals surface area contributed by atoms with Gasteiger partial charge in [-0.05, 0) is 13.8 Å². The van der Waals surface area contributed by atoms with Crippen molar-refractivity contribution in [2.24, 2.45) is 0 Å². The Balaban J connectivity index is -0.0000000257. The molecule has 10 heteroatoms. The van der Waals surface area contributed by atoms with Gasteiger partial charge in [-0.25, -0.2) is 0 Å². The molecular formula is C8H27Cl2O5Sn3. The van der Waals surface area contributed by atoms with E-state index in [0.29, 0.717) is 0 Å². The van der Waals surface area contributed by atoms with E-state index in [4.69, 9.17) is 38.3 Å². The van der Waals surface area contributed by atoms with Crippen LogP contribution in [0, 0.1) is 0 Å². The summed E-state index contributed by atoms with van der Waals surface area (Å²) in [5.41, 5.74) is 0. The van der Waals surface area contributed by atoms with E-state index in [9.17, 15) is 0 Å². The van der Waals surface area contributed by atoms with Crippen LogP contribution in [0.2, 0.25) is 19.8 Å². The summed E-state index contributed by atoms with van der Waals surface area (Å²) >= 11 is -2.14. The van der Waals surface area contributed by atoms with Crippen molar-refractivity contribution < 1.29 is 25.9 Å². The Bertz CT molecular complexity index is 75.7. The zero-order valence-corrected chi connectivity index (χ0v) is 22.3. The van der Waals surface area contributed by atoms with Crippen LogP contribution in [0.3, 0.4) is 0 Å². The van der Waals surface area contributed by atoms with Crippen LogP contribution in [0.5, 0.6) is 0 Å². The van der Waals surface area contributed by atoms with E-state index >= 15 is 0 Å². The van der Waals surface area contributed by atoms with Crippen molar-refractivity contribution in [1.29, 1.82) is 0 Å². The SMILES string of the molecule is CC(O)O.CC(O)O.O.[CH3][Sn]([CH3])[Cl].[CH3][Sn]([CH3])[Cl].[SnH]. The fraction of sp³-hybridized carbons (Fsp3) is 1.00. The van der Waals surface area contributed by atoms with Gasteiger partial charge in [-0.3, -0.25) is 0 Å². The Kier molecular flexibility index (Phi) is 66.0. The third-order valence-electron chi connectivity index (χ3n) is 0. The summed E-state index contributed by atoms with van der Waals surface area (Å²) in [7, 11) is 10.9. The number of hydrogen-bond donors (Lipinski definition) is 4. The van der Waals surface area contributed by atoms with Crippen LogP contribution in [0.4, 0.5) is 0 Å². The second kappa shape index (κ2) is 31.9. The molecule has 0 aromatic heterocycles. The molecule has 0 bridgehead atoms. The molecule has 0 unspecified atom stereocenters. The second-order valence-electron chi connectivity index (χ2n) is 3.02. The first kappa shape index (κ1) is 37.2. The number of aliphatic hydroxyl groups is 4. The van der Waals surface area contributed by atoms with Gasteiger partial charge in [0.25, 0.3) is 0 Å². The van der Waals surface area contributed by atoms with Crippen LogP contribution in [-0.4, -0.2) is 99.7 Å². The van der Waals surface area contributed by atoms with Gasteiger partial charge in [0.15, 0.2) is 0 Å². The zero-order valence-electron chi connectivity index (χ0n) is 11.8.